The Labute approximate surface area is 256 Å². The number of halogens is 1. The summed E-state index contributed by atoms with van der Waals surface area (Å²) >= 11 is 0. The Morgan fingerprint density at radius 3 is 2.47 bits per heavy atom. The number of hydrogen-bond donors (Lipinski definition) is 1. The molecule has 0 bridgehead atoms. The summed E-state index contributed by atoms with van der Waals surface area (Å²) in [5.74, 6) is 0.519. The second kappa shape index (κ2) is 12.5. The van der Waals surface area contributed by atoms with Crippen molar-refractivity contribution in [2.75, 3.05) is 52.9 Å². The van der Waals surface area contributed by atoms with Gasteiger partial charge in [-0.2, -0.15) is 4.31 Å². The normalized spacial score (nSPS) is 21.2. The third-order valence-corrected chi connectivity index (χ3v) is 9.76. The van der Waals surface area contributed by atoms with E-state index in [0.717, 1.165) is 29.8 Å². The van der Waals surface area contributed by atoms with Crippen molar-refractivity contribution in [2.24, 2.45) is 0 Å². The van der Waals surface area contributed by atoms with Gasteiger partial charge in [0.1, 0.15) is 17.2 Å². The van der Waals surface area contributed by atoms with Crippen molar-refractivity contribution in [2.45, 2.75) is 30.4 Å². The van der Waals surface area contributed by atoms with Gasteiger partial charge in [0, 0.05) is 38.3 Å². The third kappa shape index (κ3) is 6.07. The second-order valence-corrected chi connectivity index (χ2v) is 12.5. The van der Waals surface area contributed by atoms with Gasteiger partial charge in [0.2, 0.25) is 15.9 Å². The van der Waals surface area contributed by atoms with Crippen LogP contribution in [0.1, 0.15) is 35.5 Å². The van der Waals surface area contributed by atoms with Crippen molar-refractivity contribution in [1.82, 2.24) is 24.4 Å². The molecule has 2 unspecified atom stereocenters. The van der Waals surface area contributed by atoms with Gasteiger partial charge in [-0.3, -0.25) is 9.69 Å². The van der Waals surface area contributed by atoms with Crippen LogP contribution in [0.4, 0.5) is 4.79 Å². The number of rotatable bonds is 6. The first-order valence-electron chi connectivity index (χ1n) is 14.0. The van der Waals surface area contributed by atoms with E-state index in [1.54, 1.807) is 6.92 Å². The fourth-order valence-corrected chi connectivity index (χ4v) is 7.02. The van der Waals surface area contributed by atoms with Crippen LogP contribution in [0.5, 0.6) is 0 Å². The van der Waals surface area contributed by atoms with Crippen LogP contribution in [0.3, 0.4) is 0 Å². The number of ether oxygens (including phenoxy) is 2. The Morgan fingerprint density at radius 2 is 1.77 bits per heavy atom. The maximum absolute atomic E-state index is 13.4. The van der Waals surface area contributed by atoms with Crippen molar-refractivity contribution in [3.8, 4) is 0 Å². The molecule has 2 amide bonds. The molecule has 3 aromatic rings. The fraction of sp³-hybridized carbons (Fsp3) is 0.414. The molecule has 12 nitrogen and oxygen atoms in total. The molecule has 4 heterocycles. The number of likely N-dealkylation sites (N-methyl/N-ethyl adjacent to an activating group) is 1. The molecule has 1 aromatic heterocycles. The molecule has 0 spiro atoms. The number of fused-ring (bicyclic) bond motifs is 1. The average molecular weight is 632 g/mol. The van der Waals surface area contributed by atoms with Crippen molar-refractivity contribution in [1.29, 1.82) is 0 Å². The minimum absolute atomic E-state index is 0. The number of para-hydroxylation sites is 2. The minimum atomic E-state index is -3.80. The molecule has 14 heteroatoms. The standard InChI is InChI=1S/C29H33N5O7S.ClH/c1-3-39-29(36)33-14-16-34(17-15-33)42(37,38)20-10-8-19(9-11-20)26(35)31-28-25(21-12-13-32(2)18-24(21)41-28)27-30-22-6-4-5-7-23(22)40-27;/h4-11,25,28H,3,12-18H2,1-2H3,(H,31,35);1H. The highest BCUT2D eigenvalue weighted by molar-refractivity contribution is 7.89. The van der Waals surface area contributed by atoms with Gasteiger partial charge in [-0.15, -0.1) is 12.4 Å². The van der Waals surface area contributed by atoms with E-state index >= 15 is 0 Å². The van der Waals surface area contributed by atoms with E-state index in [2.05, 4.69) is 10.2 Å². The summed E-state index contributed by atoms with van der Waals surface area (Å²) in [7, 11) is -1.78. The number of benzene rings is 2. The first-order chi connectivity index (χ1) is 20.2. The highest BCUT2D eigenvalue weighted by Gasteiger charge is 2.43. The van der Waals surface area contributed by atoms with Crippen molar-refractivity contribution < 1.29 is 31.9 Å². The molecule has 3 aliphatic heterocycles. The summed E-state index contributed by atoms with van der Waals surface area (Å²) < 4.78 is 45.2. The van der Waals surface area contributed by atoms with E-state index in [4.69, 9.17) is 18.9 Å². The predicted molar refractivity (Wildman–Crippen MR) is 159 cm³/mol. The molecule has 0 saturated carbocycles. The lowest BCUT2D eigenvalue weighted by atomic mass is 9.93. The quantitative estimate of drug-likeness (QED) is 0.435. The van der Waals surface area contributed by atoms with Gasteiger partial charge < -0.3 is 24.1 Å². The van der Waals surface area contributed by atoms with E-state index in [9.17, 15) is 18.0 Å². The van der Waals surface area contributed by atoms with Gasteiger partial charge in [-0.05, 0) is 62.4 Å². The summed E-state index contributed by atoms with van der Waals surface area (Å²) in [5.41, 5.74) is 2.76. The van der Waals surface area contributed by atoms with Gasteiger partial charge in [0.05, 0.1) is 18.0 Å². The average Bonchev–Trinajstić information content (AvgIpc) is 3.57. The van der Waals surface area contributed by atoms with E-state index in [0.29, 0.717) is 23.6 Å². The molecular weight excluding hydrogens is 598 g/mol. The molecule has 3 aliphatic rings. The molecule has 1 saturated heterocycles. The lowest BCUT2D eigenvalue weighted by molar-refractivity contribution is 0.0637. The van der Waals surface area contributed by atoms with E-state index in [-0.39, 0.29) is 56.0 Å². The first-order valence-corrected chi connectivity index (χ1v) is 15.4. The molecule has 230 valence electrons. The Hall–Kier alpha value is -3.65. The van der Waals surface area contributed by atoms with Crippen molar-refractivity contribution in [3.05, 3.63) is 71.3 Å². The number of nitrogens with zero attached hydrogens (tertiary/aromatic N) is 4. The van der Waals surface area contributed by atoms with E-state index in [1.807, 2.05) is 31.3 Å². The summed E-state index contributed by atoms with van der Waals surface area (Å²) in [4.78, 5) is 33.7. The largest absolute Gasteiger partial charge is 0.472 e. The Morgan fingerprint density at radius 1 is 1.05 bits per heavy atom. The molecular formula is C29H34ClN5O7S. The maximum atomic E-state index is 13.4. The first kappa shape index (κ1) is 30.8. The molecule has 6 rings (SSSR count). The molecule has 2 aromatic carbocycles. The molecule has 43 heavy (non-hydrogen) atoms. The SMILES string of the molecule is CCOC(=O)N1CCN(S(=O)(=O)c2ccc(C(=O)NC3OC4=C(CCN(C)C4)C3c3nc4ccccc4o3)cc2)CC1.Cl. The highest BCUT2D eigenvalue weighted by Crippen LogP contribution is 2.42. The number of carbonyl (C=O) groups is 2. The van der Waals surface area contributed by atoms with Crippen LogP contribution >= 0.6 is 12.4 Å². The zero-order valence-corrected chi connectivity index (χ0v) is 25.5. The van der Waals surface area contributed by atoms with E-state index < -0.39 is 28.3 Å². The van der Waals surface area contributed by atoms with Gasteiger partial charge in [-0.1, -0.05) is 12.1 Å². The summed E-state index contributed by atoms with van der Waals surface area (Å²) in [6.07, 6.45) is -0.402. The monoisotopic (exact) mass is 631 g/mol. The summed E-state index contributed by atoms with van der Waals surface area (Å²) in [6, 6.07) is 13.3. The van der Waals surface area contributed by atoms with Crippen LogP contribution in [0.15, 0.2) is 69.2 Å². The number of aromatic nitrogens is 1. The van der Waals surface area contributed by atoms with Crippen LogP contribution in [-0.4, -0.2) is 98.7 Å². The number of nitrogens with one attached hydrogen (secondary N) is 1. The Bertz CT molecular complexity index is 1600. The third-order valence-electron chi connectivity index (χ3n) is 7.85. The van der Waals surface area contributed by atoms with Crippen LogP contribution in [-0.2, 0) is 19.5 Å². The highest BCUT2D eigenvalue weighted by atomic mass is 35.5. The molecule has 1 N–H and O–H groups in total. The van der Waals surface area contributed by atoms with E-state index in [1.165, 1.54) is 33.5 Å². The van der Waals surface area contributed by atoms with Crippen molar-refractivity contribution in [3.63, 3.8) is 0 Å². The number of sulfonamides is 1. The molecule has 1 fully saturated rings. The van der Waals surface area contributed by atoms with Crippen LogP contribution < -0.4 is 5.32 Å². The van der Waals surface area contributed by atoms with Gasteiger partial charge in [0.25, 0.3) is 5.91 Å². The minimum Gasteiger partial charge on any atom is -0.472 e. The zero-order chi connectivity index (χ0) is 29.4. The smallest absolute Gasteiger partial charge is 0.409 e. The number of hydrogen-bond acceptors (Lipinski definition) is 9. The predicted octanol–water partition coefficient (Wildman–Crippen LogP) is 3.17. The number of piperazine rings is 1. The number of oxazole rings is 1. The lowest BCUT2D eigenvalue weighted by Crippen LogP contribution is -2.50. The van der Waals surface area contributed by atoms with Crippen molar-refractivity contribution >= 4 is 45.5 Å². The fourth-order valence-electron chi connectivity index (χ4n) is 5.60. The Balaban J connectivity index is 0.00000368. The molecule has 0 aliphatic carbocycles. The van der Waals surface area contributed by atoms with Crippen LogP contribution in [0, 0.1) is 0 Å². The van der Waals surface area contributed by atoms with Gasteiger partial charge in [0.15, 0.2) is 11.8 Å². The second-order valence-electron chi connectivity index (χ2n) is 10.6. The van der Waals surface area contributed by atoms with Crippen LogP contribution in [0.2, 0.25) is 0 Å². The topological polar surface area (TPSA) is 135 Å². The van der Waals surface area contributed by atoms with Crippen LogP contribution in [0.25, 0.3) is 11.1 Å². The van der Waals surface area contributed by atoms with Gasteiger partial charge in [-0.25, -0.2) is 18.2 Å². The zero-order valence-electron chi connectivity index (χ0n) is 23.9. The number of amides is 2. The summed E-state index contributed by atoms with van der Waals surface area (Å²) in [6.45, 7) is 4.27. The molecule has 2 atom stereocenters. The number of carbonyl (C=O) groups excluding carboxylic acids is 2. The van der Waals surface area contributed by atoms with Gasteiger partial charge >= 0.3 is 6.09 Å². The maximum Gasteiger partial charge on any atom is 0.409 e. The summed E-state index contributed by atoms with van der Waals surface area (Å²) in [5, 5.41) is 2.98. The lowest BCUT2D eigenvalue weighted by Gasteiger charge is -2.33. The Kier molecular flexibility index (Phi) is 8.97. The molecule has 0 radical (unpaired) electrons.